The number of rotatable bonds is 5. The number of nitrogens with two attached hydrogens (primary N) is 1. The molecule has 0 aromatic heterocycles. The predicted octanol–water partition coefficient (Wildman–Crippen LogP) is -0.388. The van der Waals surface area contributed by atoms with E-state index < -0.39 is 5.60 Å². The molecule has 0 unspecified atom stereocenters. The fraction of sp³-hybridized carbons (Fsp3) is 0.875. The Morgan fingerprint density at radius 2 is 2.17 bits per heavy atom. The van der Waals surface area contributed by atoms with Gasteiger partial charge >= 0.3 is 0 Å². The van der Waals surface area contributed by atoms with Gasteiger partial charge in [0.05, 0.1) is 5.60 Å². The van der Waals surface area contributed by atoms with Gasteiger partial charge in [-0.15, -0.1) is 0 Å². The van der Waals surface area contributed by atoms with Gasteiger partial charge < -0.3 is 16.2 Å². The third-order valence-corrected chi connectivity index (χ3v) is 1.33. The van der Waals surface area contributed by atoms with E-state index >= 15 is 0 Å². The maximum absolute atomic E-state index is 11.0. The van der Waals surface area contributed by atoms with Crippen molar-refractivity contribution in [2.45, 2.75) is 32.3 Å². The molecule has 0 rings (SSSR count). The molecule has 0 radical (unpaired) electrons. The Hall–Kier alpha value is -0.610. The van der Waals surface area contributed by atoms with Gasteiger partial charge in [0.15, 0.2) is 0 Å². The van der Waals surface area contributed by atoms with Crippen LogP contribution in [0.2, 0.25) is 0 Å². The van der Waals surface area contributed by atoms with E-state index in [1.54, 1.807) is 13.8 Å². The largest absolute Gasteiger partial charge is 0.389 e. The van der Waals surface area contributed by atoms with Crippen molar-refractivity contribution >= 4 is 5.91 Å². The van der Waals surface area contributed by atoms with E-state index in [4.69, 9.17) is 5.73 Å². The number of carbonyl (C=O) groups excluding carboxylic acids is 1. The normalized spacial score (nSPS) is 11.3. The molecular weight excluding hydrogens is 156 g/mol. The van der Waals surface area contributed by atoms with Crippen LogP contribution in [-0.2, 0) is 4.79 Å². The number of aliphatic hydroxyl groups is 1. The number of carbonyl (C=O) groups is 1. The van der Waals surface area contributed by atoms with Crippen molar-refractivity contribution in [2.24, 2.45) is 5.73 Å². The predicted molar refractivity (Wildman–Crippen MR) is 47.6 cm³/mol. The van der Waals surface area contributed by atoms with E-state index in [9.17, 15) is 9.90 Å². The molecule has 4 heteroatoms. The highest BCUT2D eigenvalue weighted by molar-refractivity contribution is 5.75. The second kappa shape index (κ2) is 5.11. The van der Waals surface area contributed by atoms with Crippen molar-refractivity contribution in [1.82, 2.24) is 5.32 Å². The van der Waals surface area contributed by atoms with E-state index in [0.717, 1.165) is 0 Å². The van der Waals surface area contributed by atoms with Gasteiger partial charge in [-0.05, 0) is 26.8 Å². The SMILES string of the molecule is CC(C)(O)CNC(=O)CCCN. The molecule has 4 nitrogen and oxygen atoms in total. The van der Waals surface area contributed by atoms with Crippen LogP contribution in [0.4, 0.5) is 0 Å². The van der Waals surface area contributed by atoms with E-state index in [1.165, 1.54) is 0 Å². The van der Waals surface area contributed by atoms with E-state index in [-0.39, 0.29) is 12.5 Å². The van der Waals surface area contributed by atoms with Crippen LogP contribution >= 0.6 is 0 Å². The van der Waals surface area contributed by atoms with Crippen LogP contribution in [0, 0.1) is 0 Å². The van der Waals surface area contributed by atoms with Crippen LogP contribution in [-0.4, -0.2) is 29.7 Å². The monoisotopic (exact) mass is 174 g/mol. The number of nitrogens with one attached hydrogen (secondary N) is 1. The van der Waals surface area contributed by atoms with E-state index in [2.05, 4.69) is 5.32 Å². The van der Waals surface area contributed by atoms with Crippen LogP contribution < -0.4 is 11.1 Å². The molecule has 0 bridgehead atoms. The van der Waals surface area contributed by atoms with Gasteiger partial charge in [0.1, 0.15) is 0 Å². The van der Waals surface area contributed by atoms with Crippen LogP contribution in [0.25, 0.3) is 0 Å². The highest BCUT2D eigenvalue weighted by Crippen LogP contribution is 1.97. The lowest BCUT2D eigenvalue weighted by molar-refractivity contribution is -0.122. The van der Waals surface area contributed by atoms with E-state index in [1.807, 2.05) is 0 Å². The molecule has 0 saturated heterocycles. The Morgan fingerprint density at radius 1 is 1.58 bits per heavy atom. The fourth-order valence-electron chi connectivity index (χ4n) is 0.666. The van der Waals surface area contributed by atoms with Gasteiger partial charge in [-0.2, -0.15) is 0 Å². The van der Waals surface area contributed by atoms with Crippen molar-refractivity contribution in [1.29, 1.82) is 0 Å². The van der Waals surface area contributed by atoms with Crippen molar-refractivity contribution in [3.8, 4) is 0 Å². The lowest BCUT2D eigenvalue weighted by Gasteiger charge is -2.17. The molecule has 0 heterocycles. The van der Waals surface area contributed by atoms with Crippen LogP contribution in [0.3, 0.4) is 0 Å². The molecule has 1 amide bonds. The molecule has 4 N–H and O–H groups in total. The van der Waals surface area contributed by atoms with Crippen LogP contribution in [0.15, 0.2) is 0 Å². The highest BCUT2D eigenvalue weighted by Gasteiger charge is 2.13. The summed E-state index contributed by atoms with van der Waals surface area (Å²) < 4.78 is 0. The first kappa shape index (κ1) is 11.4. The zero-order valence-corrected chi connectivity index (χ0v) is 7.76. The quantitative estimate of drug-likeness (QED) is 0.531. The maximum atomic E-state index is 11.0. The fourth-order valence-corrected chi connectivity index (χ4v) is 0.666. The molecule has 0 saturated carbocycles. The summed E-state index contributed by atoms with van der Waals surface area (Å²) in [7, 11) is 0. The Bertz CT molecular complexity index is 140. The molecule has 0 fully saturated rings. The topological polar surface area (TPSA) is 75.3 Å². The number of hydrogen-bond donors (Lipinski definition) is 3. The van der Waals surface area contributed by atoms with Gasteiger partial charge in [0, 0.05) is 13.0 Å². The second-order valence-electron chi connectivity index (χ2n) is 3.48. The number of amides is 1. The third kappa shape index (κ3) is 7.50. The zero-order chi connectivity index (χ0) is 9.61. The Labute approximate surface area is 73.1 Å². The summed E-state index contributed by atoms with van der Waals surface area (Å²) in [6.45, 7) is 4.11. The van der Waals surface area contributed by atoms with Gasteiger partial charge in [0.2, 0.25) is 5.91 Å². The Morgan fingerprint density at radius 3 is 2.58 bits per heavy atom. The van der Waals surface area contributed by atoms with Gasteiger partial charge in [-0.3, -0.25) is 4.79 Å². The van der Waals surface area contributed by atoms with E-state index in [0.29, 0.717) is 19.4 Å². The second-order valence-corrected chi connectivity index (χ2v) is 3.48. The molecule has 0 aliphatic heterocycles. The summed E-state index contributed by atoms with van der Waals surface area (Å²) >= 11 is 0. The minimum absolute atomic E-state index is 0.0532. The molecular formula is C8H18N2O2. The van der Waals surface area contributed by atoms with Gasteiger partial charge in [0.25, 0.3) is 0 Å². The molecule has 12 heavy (non-hydrogen) atoms. The summed E-state index contributed by atoms with van der Waals surface area (Å²) in [5.74, 6) is -0.0532. The minimum Gasteiger partial charge on any atom is -0.389 e. The average molecular weight is 174 g/mol. The summed E-state index contributed by atoms with van der Waals surface area (Å²) in [6.07, 6.45) is 1.13. The highest BCUT2D eigenvalue weighted by atomic mass is 16.3. The number of hydrogen-bond acceptors (Lipinski definition) is 3. The summed E-state index contributed by atoms with van der Waals surface area (Å²) in [5.41, 5.74) is 4.39. The van der Waals surface area contributed by atoms with Crippen LogP contribution in [0.1, 0.15) is 26.7 Å². The first-order chi connectivity index (χ1) is 5.45. The smallest absolute Gasteiger partial charge is 0.220 e. The standard InChI is InChI=1S/C8H18N2O2/c1-8(2,12)6-10-7(11)4-3-5-9/h12H,3-6,9H2,1-2H3,(H,10,11). The molecule has 0 aromatic carbocycles. The van der Waals surface area contributed by atoms with Crippen molar-refractivity contribution in [2.75, 3.05) is 13.1 Å². The molecule has 72 valence electrons. The van der Waals surface area contributed by atoms with Gasteiger partial charge in [-0.25, -0.2) is 0 Å². The average Bonchev–Trinajstić information content (AvgIpc) is 1.95. The molecule has 0 atom stereocenters. The van der Waals surface area contributed by atoms with Crippen molar-refractivity contribution in [3.05, 3.63) is 0 Å². The van der Waals surface area contributed by atoms with Gasteiger partial charge in [-0.1, -0.05) is 0 Å². The Kier molecular flexibility index (Phi) is 4.85. The van der Waals surface area contributed by atoms with Crippen molar-refractivity contribution < 1.29 is 9.90 Å². The van der Waals surface area contributed by atoms with Crippen LogP contribution in [0.5, 0.6) is 0 Å². The molecule has 0 aliphatic carbocycles. The Balaban J connectivity index is 3.44. The lowest BCUT2D eigenvalue weighted by Crippen LogP contribution is -2.38. The third-order valence-electron chi connectivity index (χ3n) is 1.33. The first-order valence-corrected chi connectivity index (χ1v) is 4.15. The lowest BCUT2D eigenvalue weighted by atomic mass is 10.1. The zero-order valence-electron chi connectivity index (χ0n) is 7.76. The maximum Gasteiger partial charge on any atom is 0.220 e. The minimum atomic E-state index is -0.835. The first-order valence-electron chi connectivity index (χ1n) is 4.15. The molecule has 0 spiro atoms. The molecule has 0 aromatic rings. The molecule has 0 aliphatic rings. The van der Waals surface area contributed by atoms with Crippen molar-refractivity contribution in [3.63, 3.8) is 0 Å². The summed E-state index contributed by atoms with van der Waals surface area (Å²) in [6, 6.07) is 0. The summed E-state index contributed by atoms with van der Waals surface area (Å²) in [4.78, 5) is 11.0. The summed E-state index contributed by atoms with van der Waals surface area (Å²) in [5, 5.41) is 11.9.